The van der Waals surface area contributed by atoms with Crippen LogP contribution in [0, 0.1) is 6.92 Å². The number of nitrogens with zero attached hydrogens (tertiary/aromatic N) is 1. The van der Waals surface area contributed by atoms with Gasteiger partial charge in [0.2, 0.25) is 0 Å². The van der Waals surface area contributed by atoms with Gasteiger partial charge in [-0.2, -0.15) is 0 Å². The molecule has 1 N–H and O–H groups in total. The number of hydrogen-bond donors (Lipinski definition) is 1. The van der Waals surface area contributed by atoms with Gasteiger partial charge in [-0.25, -0.2) is 13.4 Å². The van der Waals surface area contributed by atoms with E-state index >= 15 is 0 Å². The van der Waals surface area contributed by atoms with E-state index < -0.39 is 15.7 Å². The molecule has 0 unspecified atom stereocenters. The maximum atomic E-state index is 12.6. The summed E-state index contributed by atoms with van der Waals surface area (Å²) in [4.78, 5) is 17.0. The summed E-state index contributed by atoms with van der Waals surface area (Å²) in [6.07, 6.45) is 2.64. The standard InChI is InChI=1S/C19H18N2O5S/c1-12-20-17(11-26-12)13-5-4-6-14(9-13)21-19(22)16-8-7-15(27(3,23)24)10-18(16)25-2/h4-11H,1-3H3,(H,21,22). The minimum absolute atomic E-state index is 0.0827. The third kappa shape index (κ3) is 4.17. The fourth-order valence-corrected chi connectivity index (χ4v) is 3.18. The number of nitrogens with one attached hydrogen (secondary N) is 1. The maximum Gasteiger partial charge on any atom is 0.259 e. The van der Waals surface area contributed by atoms with Crippen molar-refractivity contribution < 1.29 is 22.4 Å². The third-order valence-electron chi connectivity index (χ3n) is 3.88. The number of amides is 1. The Morgan fingerprint density at radius 3 is 2.59 bits per heavy atom. The van der Waals surface area contributed by atoms with Gasteiger partial charge in [-0.3, -0.25) is 4.79 Å². The molecule has 0 atom stereocenters. The molecule has 0 spiro atoms. The molecule has 0 aliphatic rings. The summed E-state index contributed by atoms with van der Waals surface area (Å²) >= 11 is 0. The first-order valence-electron chi connectivity index (χ1n) is 8.00. The second kappa shape index (κ2) is 7.24. The number of rotatable bonds is 5. The molecule has 1 amide bonds. The molecule has 3 aromatic rings. The summed E-state index contributed by atoms with van der Waals surface area (Å²) < 4.78 is 33.8. The Labute approximate surface area is 156 Å². The van der Waals surface area contributed by atoms with E-state index in [1.165, 1.54) is 25.3 Å². The molecule has 1 aromatic heterocycles. The van der Waals surface area contributed by atoms with Crippen LogP contribution in [0.15, 0.2) is 58.0 Å². The molecule has 0 aliphatic heterocycles. The second-order valence-electron chi connectivity index (χ2n) is 5.92. The molecule has 0 fully saturated rings. The highest BCUT2D eigenvalue weighted by atomic mass is 32.2. The van der Waals surface area contributed by atoms with Crippen molar-refractivity contribution >= 4 is 21.4 Å². The molecule has 27 heavy (non-hydrogen) atoms. The van der Waals surface area contributed by atoms with Gasteiger partial charge in [-0.1, -0.05) is 12.1 Å². The molecule has 2 aromatic carbocycles. The SMILES string of the molecule is COc1cc(S(C)(=O)=O)ccc1C(=O)Nc1cccc(-c2coc(C)n2)c1. The number of anilines is 1. The first-order valence-corrected chi connectivity index (χ1v) is 9.89. The number of aryl methyl sites for hydroxylation is 1. The molecule has 8 heteroatoms. The molecule has 0 saturated carbocycles. The van der Waals surface area contributed by atoms with E-state index in [2.05, 4.69) is 10.3 Å². The van der Waals surface area contributed by atoms with Crippen LogP contribution in [0.1, 0.15) is 16.2 Å². The molecular formula is C19H18N2O5S. The summed E-state index contributed by atoms with van der Waals surface area (Å²) in [6, 6.07) is 11.3. The minimum atomic E-state index is -3.40. The Hall–Kier alpha value is -3.13. The van der Waals surface area contributed by atoms with Gasteiger partial charge >= 0.3 is 0 Å². The normalized spacial score (nSPS) is 11.2. The Balaban J connectivity index is 1.87. The highest BCUT2D eigenvalue weighted by Gasteiger charge is 2.17. The van der Waals surface area contributed by atoms with E-state index in [4.69, 9.17) is 9.15 Å². The zero-order chi connectivity index (χ0) is 19.6. The average Bonchev–Trinajstić information content (AvgIpc) is 3.07. The van der Waals surface area contributed by atoms with Crippen LogP contribution in [0.5, 0.6) is 5.75 Å². The van der Waals surface area contributed by atoms with Gasteiger partial charge in [0, 0.05) is 24.4 Å². The zero-order valence-electron chi connectivity index (χ0n) is 15.0. The van der Waals surface area contributed by atoms with Gasteiger partial charge in [0.25, 0.3) is 5.91 Å². The molecule has 140 valence electrons. The van der Waals surface area contributed by atoms with Gasteiger partial charge in [0.1, 0.15) is 17.7 Å². The summed E-state index contributed by atoms with van der Waals surface area (Å²) in [5.74, 6) is 0.314. The van der Waals surface area contributed by atoms with Crippen molar-refractivity contribution in [2.24, 2.45) is 0 Å². The quantitative estimate of drug-likeness (QED) is 0.722. The molecule has 1 heterocycles. The maximum absolute atomic E-state index is 12.6. The van der Waals surface area contributed by atoms with Crippen LogP contribution in [0.4, 0.5) is 5.69 Å². The number of ether oxygens (including phenoxy) is 1. The smallest absolute Gasteiger partial charge is 0.259 e. The highest BCUT2D eigenvalue weighted by Crippen LogP contribution is 2.26. The van der Waals surface area contributed by atoms with Crippen LogP contribution in [0.2, 0.25) is 0 Å². The number of methoxy groups -OCH3 is 1. The van der Waals surface area contributed by atoms with Crippen molar-refractivity contribution in [1.29, 1.82) is 0 Å². The lowest BCUT2D eigenvalue weighted by molar-refractivity contribution is 0.102. The average molecular weight is 386 g/mol. The van der Waals surface area contributed by atoms with Gasteiger partial charge < -0.3 is 14.5 Å². The lowest BCUT2D eigenvalue weighted by Gasteiger charge is -2.11. The van der Waals surface area contributed by atoms with Gasteiger partial charge in [0.15, 0.2) is 15.7 Å². The molecule has 0 radical (unpaired) electrons. The number of sulfone groups is 1. The first-order chi connectivity index (χ1) is 12.8. The molecule has 0 saturated heterocycles. The number of benzene rings is 2. The topological polar surface area (TPSA) is 98.5 Å². The lowest BCUT2D eigenvalue weighted by atomic mass is 10.1. The lowest BCUT2D eigenvalue weighted by Crippen LogP contribution is -2.13. The Bertz CT molecular complexity index is 1100. The van der Waals surface area contributed by atoms with Gasteiger partial charge in [0.05, 0.1) is 17.6 Å². The number of hydrogen-bond acceptors (Lipinski definition) is 6. The van der Waals surface area contributed by atoms with Crippen molar-refractivity contribution in [2.75, 3.05) is 18.7 Å². The van der Waals surface area contributed by atoms with E-state index in [0.29, 0.717) is 17.3 Å². The summed E-state index contributed by atoms with van der Waals surface area (Å²) in [7, 11) is -2.02. The molecule has 0 bridgehead atoms. The molecular weight excluding hydrogens is 368 g/mol. The van der Waals surface area contributed by atoms with Crippen LogP contribution in [0.25, 0.3) is 11.3 Å². The van der Waals surface area contributed by atoms with Crippen LogP contribution in [0.3, 0.4) is 0 Å². The monoisotopic (exact) mass is 386 g/mol. The van der Waals surface area contributed by atoms with Crippen molar-refractivity contribution in [3.8, 4) is 17.0 Å². The number of oxazole rings is 1. The largest absolute Gasteiger partial charge is 0.496 e. The Kier molecular flexibility index (Phi) is 5.00. The number of aromatic nitrogens is 1. The third-order valence-corrected chi connectivity index (χ3v) is 4.99. The van der Waals surface area contributed by atoms with Crippen LogP contribution < -0.4 is 10.1 Å². The van der Waals surface area contributed by atoms with Crippen molar-refractivity contribution in [1.82, 2.24) is 4.98 Å². The van der Waals surface area contributed by atoms with Gasteiger partial charge in [-0.15, -0.1) is 0 Å². The predicted octanol–water partition coefficient (Wildman–Crippen LogP) is 3.31. The Morgan fingerprint density at radius 2 is 1.96 bits per heavy atom. The Morgan fingerprint density at radius 1 is 1.19 bits per heavy atom. The van der Waals surface area contributed by atoms with E-state index in [-0.39, 0.29) is 16.2 Å². The van der Waals surface area contributed by atoms with Crippen LogP contribution in [-0.2, 0) is 9.84 Å². The van der Waals surface area contributed by atoms with Crippen molar-refractivity contribution in [3.05, 3.63) is 60.2 Å². The molecule has 3 rings (SSSR count). The minimum Gasteiger partial charge on any atom is -0.496 e. The van der Waals surface area contributed by atoms with E-state index in [1.54, 1.807) is 31.4 Å². The summed E-state index contributed by atoms with van der Waals surface area (Å²) in [5.41, 5.74) is 2.25. The van der Waals surface area contributed by atoms with Crippen molar-refractivity contribution in [2.45, 2.75) is 11.8 Å². The summed E-state index contributed by atoms with van der Waals surface area (Å²) in [6.45, 7) is 1.75. The van der Waals surface area contributed by atoms with E-state index in [1.807, 2.05) is 6.07 Å². The zero-order valence-corrected chi connectivity index (χ0v) is 15.8. The molecule has 7 nitrogen and oxygen atoms in total. The number of carbonyl (C=O) groups is 1. The fourth-order valence-electron chi connectivity index (χ4n) is 2.54. The second-order valence-corrected chi connectivity index (χ2v) is 7.94. The predicted molar refractivity (Wildman–Crippen MR) is 101 cm³/mol. The van der Waals surface area contributed by atoms with E-state index in [0.717, 1.165) is 11.8 Å². The number of carbonyl (C=O) groups excluding carboxylic acids is 1. The van der Waals surface area contributed by atoms with E-state index in [9.17, 15) is 13.2 Å². The van der Waals surface area contributed by atoms with Gasteiger partial charge in [-0.05, 0) is 30.3 Å². The summed E-state index contributed by atoms with van der Waals surface area (Å²) in [5, 5.41) is 2.78. The first kappa shape index (κ1) is 18.7. The van der Waals surface area contributed by atoms with Crippen LogP contribution in [-0.4, -0.2) is 32.7 Å². The van der Waals surface area contributed by atoms with Crippen molar-refractivity contribution in [3.63, 3.8) is 0 Å². The fraction of sp³-hybridized carbons (Fsp3) is 0.158. The molecule has 0 aliphatic carbocycles. The van der Waals surface area contributed by atoms with Crippen LogP contribution >= 0.6 is 0 Å². The highest BCUT2D eigenvalue weighted by molar-refractivity contribution is 7.90.